The van der Waals surface area contributed by atoms with Gasteiger partial charge in [-0.3, -0.25) is 4.79 Å². The zero-order valence-electron chi connectivity index (χ0n) is 12.2. The van der Waals surface area contributed by atoms with Crippen molar-refractivity contribution in [3.05, 3.63) is 29.7 Å². The third kappa shape index (κ3) is 2.42. The van der Waals surface area contributed by atoms with Crippen LogP contribution in [0.1, 0.15) is 36.5 Å². The van der Waals surface area contributed by atoms with Crippen LogP contribution in [-0.4, -0.2) is 28.9 Å². The second-order valence-corrected chi connectivity index (χ2v) is 6.07. The number of rotatable bonds is 1. The molecule has 1 fully saturated rings. The Hall–Kier alpha value is -1.84. The average molecular weight is 272 g/mol. The summed E-state index contributed by atoms with van der Waals surface area (Å²) in [7, 11) is 0. The molecule has 2 heterocycles. The Labute approximate surface area is 118 Å². The fourth-order valence-corrected chi connectivity index (χ4v) is 3.19. The number of carbonyl (C=O) groups is 1. The third-order valence-electron chi connectivity index (χ3n) is 3.90. The quantitative estimate of drug-likeness (QED) is 0.800. The van der Waals surface area contributed by atoms with Gasteiger partial charge in [0.25, 0.3) is 5.91 Å². The molecule has 1 aromatic carbocycles. The van der Waals surface area contributed by atoms with Crippen LogP contribution in [0.4, 0.5) is 0 Å². The molecule has 1 amide bonds. The highest BCUT2D eigenvalue weighted by Gasteiger charge is 2.26. The zero-order chi connectivity index (χ0) is 14.3. The average Bonchev–Trinajstić information content (AvgIpc) is 2.75. The second-order valence-electron chi connectivity index (χ2n) is 6.07. The standard InChI is InChI=1S/C16H20N2O2/c1-10-6-11(2)9-18(8-10)16(19)13-4-5-15-14(7-13)17-12(3)20-15/h4-5,7,10-11H,6,8-9H2,1-3H3. The molecule has 4 nitrogen and oxygen atoms in total. The molecule has 3 rings (SSSR count). The molecule has 2 aromatic rings. The number of nitrogens with zero attached hydrogens (tertiary/aromatic N) is 2. The zero-order valence-corrected chi connectivity index (χ0v) is 12.2. The maximum Gasteiger partial charge on any atom is 0.253 e. The summed E-state index contributed by atoms with van der Waals surface area (Å²) in [6.07, 6.45) is 1.20. The molecule has 1 aliphatic rings. The van der Waals surface area contributed by atoms with Crippen molar-refractivity contribution in [3.8, 4) is 0 Å². The highest BCUT2D eigenvalue weighted by Crippen LogP contribution is 2.24. The minimum Gasteiger partial charge on any atom is -0.441 e. The van der Waals surface area contributed by atoms with Crippen molar-refractivity contribution >= 4 is 17.0 Å². The van der Waals surface area contributed by atoms with Crippen LogP contribution in [0.15, 0.2) is 22.6 Å². The largest absolute Gasteiger partial charge is 0.441 e. The first kappa shape index (κ1) is 13.2. The van der Waals surface area contributed by atoms with E-state index in [-0.39, 0.29) is 5.91 Å². The number of likely N-dealkylation sites (tertiary alicyclic amines) is 1. The van der Waals surface area contributed by atoms with E-state index in [9.17, 15) is 4.79 Å². The molecule has 106 valence electrons. The normalized spacial score (nSPS) is 23.2. The van der Waals surface area contributed by atoms with Crippen LogP contribution in [0, 0.1) is 18.8 Å². The molecule has 20 heavy (non-hydrogen) atoms. The molecular formula is C16H20N2O2. The highest BCUT2D eigenvalue weighted by atomic mass is 16.3. The van der Waals surface area contributed by atoms with Gasteiger partial charge in [0.2, 0.25) is 0 Å². The molecular weight excluding hydrogens is 252 g/mol. The van der Waals surface area contributed by atoms with E-state index in [0.717, 1.165) is 24.2 Å². The van der Waals surface area contributed by atoms with E-state index in [1.54, 1.807) is 0 Å². The smallest absolute Gasteiger partial charge is 0.253 e. The summed E-state index contributed by atoms with van der Waals surface area (Å²) in [5.41, 5.74) is 2.19. The number of carbonyl (C=O) groups excluding carboxylic acids is 1. The lowest BCUT2D eigenvalue weighted by Gasteiger charge is -2.35. The number of benzene rings is 1. The Balaban J connectivity index is 1.87. The number of amides is 1. The Morgan fingerprint density at radius 1 is 1.30 bits per heavy atom. The van der Waals surface area contributed by atoms with Gasteiger partial charge in [0, 0.05) is 25.6 Å². The lowest BCUT2D eigenvalue weighted by molar-refractivity contribution is 0.0623. The SMILES string of the molecule is Cc1nc2cc(C(=O)N3CC(C)CC(C)C3)ccc2o1. The van der Waals surface area contributed by atoms with Gasteiger partial charge in [0.1, 0.15) is 5.52 Å². The van der Waals surface area contributed by atoms with Gasteiger partial charge in [0.15, 0.2) is 11.5 Å². The van der Waals surface area contributed by atoms with Crippen molar-refractivity contribution in [3.63, 3.8) is 0 Å². The van der Waals surface area contributed by atoms with Crippen LogP contribution >= 0.6 is 0 Å². The predicted molar refractivity (Wildman–Crippen MR) is 77.6 cm³/mol. The van der Waals surface area contributed by atoms with Gasteiger partial charge in [-0.1, -0.05) is 13.8 Å². The van der Waals surface area contributed by atoms with Gasteiger partial charge < -0.3 is 9.32 Å². The lowest BCUT2D eigenvalue weighted by Crippen LogP contribution is -2.42. The molecule has 0 radical (unpaired) electrons. The lowest BCUT2D eigenvalue weighted by atomic mass is 9.91. The monoisotopic (exact) mass is 272 g/mol. The molecule has 2 unspecified atom stereocenters. The van der Waals surface area contributed by atoms with Crippen LogP contribution in [0.2, 0.25) is 0 Å². The molecule has 0 N–H and O–H groups in total. The van der Waals surface area contributed by atoms with Crippen molar-refractivity contribution in [2.24, 2.45) is 11.8 Å². The Bertz CT molecular complexity index is 637. The molecule has 1 aliphatic heterocycles. The van der Waals surface area contributed by atoms with E-state index in [2.05, 4.69) is 18.8 Å². The van der Waals surface area contributed by atoms with E-state index in [1.807, 2.05) is 30.0 Å². The number of aromatic nitrogens is 1. The summed E-state index contributed by atoms with van der Waals surface area (Å²) in [4.78, 5) is 18.9. The van der Waals surface area contributed by atoms with Gasteiger partial charge in [0.05, 0.1) is 0 Å². The van der Waals surface area contributed by atoms with E-state index >= 15 is 0 Å². The number of hydrogen-bond donors (Lipinski definition) is 0. The maximum atomic E-state index is 12.6. The minimum absolute atomic E-state index is 0.103. The van der Waals surface area contributed by atoms with Gasteiger partial charge in [-0.05, 0) is 36.5 Å². The third-order valence-corrected chi connectivity index (χ3v) is 3.90. The van der Waals surface area contributed by atoms with Gasteiger partial charge in [-0.15, -0.1) is 0 Å². The van der Waals surface area contributed by atoms with Gasteiger partial charge in [-0.2, -0.15) is 0 Å². The molecule has 4 heteroatoms. The Morgan fingerprint density at radius 2 is 2.00 bits per heavy atom. The molecule has 0 spiro atoms. The number of piperidine rings is 1. The van der Waals surface area contributed by atoms with E-state index < -0.39 is 0 Å². The fourth-order valence-electron chi connectivity index (χ4n) is 3.19. The molecule has 1 aromatic heterocycles. The molecule has 0 bridgehead atoms. The van der Waals surface area contributed by atoms with Gasteiger partial charge in [-0.25, -0.2) is 4.98 Å². The second kappa shape index (κ2) is 4.93. The Morgan fingerprint density at radius 3 is 2.70 bits per heavy atom. The van der Waals surface area contributed by atoms with Crippen molar-refractivity contribution in [1.82, 2.24) is 9.88 Å². The number of fused-ring (bicyclic) bond motifs is 1. The first-order chi connectivity index (χ1) is 9.52. The summed E-state index contributed by atoms with van der Waals surface area (Å²) in [6, 6.07) is 5.50. The van der Waals surface area contributed by atoms with Crippen LogP contribution in [0.5, 0.6) is 0 Å². The summed E-state index contributed by atoms with van der Waals surface area (Å²) in [5.74, 6) is 1.87. The fraction of sp³-hybridized carbons (Fsp3) is 0.500. The Kier molecular flexibility index (Phi) is 3.24. The van der Waals surface area contributed by atoms with Gasteiger partial charge >= 0.3 is 0 Å². The van der Waals surface area contributed by atoms with Crippen LogP contribution in [0.25, 0.3) is 11.1 Å². The summed E-state index contributed by atoms with van der Waals surface area (Å²) < 4.78 is 5.45. The predicted octanol–water partition coefficient (Wildman–Crippen LogP) is 3.25. The molecule has 0 aliphatic carbocycles. The van der Waals surface area contributed by atoms with Crippen LogP contribution < -0.4 is 0 Å². The maximum absolute atomic E-state index is 12.6. The molecule has 0 saturated carbocycles. The molecule has 2 atom stereocenters. The van der Waals surface area contributed by atoms with Crippen molar-refractivity contribution < 1.29 is 9.21 Å². The highest BCUT2D eigenvalue weighted by molar-refractivity contribution is 5.97. The first-order valence-electron chi connectivity index (χ1n) is 7.19. The van der Waals surface area contributed by atoms with Crippen molar-refractivity contribution in [2.75, 3.05) is 13.1 Å². The van der Waals surface area contributed by atoms with Crippen molar-refractivity contribution in [1.29, 1.82) is 0 Å². The molecule has 1 saturated heterocycles. The minimum atomic E-state index is 0.103. The van der Waals surface area contributed by atoms with Crippen LogP contribution in [-0.2, 0) is 0 Å². The van der Waals surface area contributed by atoms with Crippen LogP contribution in [0.3, 0.4) is 0 Å². The van der Waals surface area contributed by atoms with E-state index in [4.69, 9.17) is 4.42 Å². The topological polar surface area (TPSA) is 46.3 Å². The number of oxazole rings is 1. The number of hydrogen-bond acceptors (Lipinski definition) is 3. The summed E-state index contributed by atoms with van der Waals surface area (Å²) in [5, 5.41) is 0. The van der Waals surface area contributed by atoms with E-state index in [1.165, 1.54) is 6.42 Å². The number of aryl methyl sites for hydroxylation is 1. The summed E-state index contributed by atoms with van der Waals surface area (Å²) >= 11 is 0. The summed E-state index contributed by atoms with van der Waals surface area (Å²) in [6.45, 7) is 7.92. The van der Waals surface area contributed by atoms with E-state index in [0.29, 0.717) is 23.3 Å². The van der Waals surface area contributed by atoms with Crippen molar-refractivity contribution in [2.45, 2.75) is 27.2 Å². The first-order valence-corrected chi connectivity index (χ1v) is 7.19.